The third-order valence-electron chi connectivity index (χ3n) is 2.75. The number of piperidine rings is 1. The minimum Gasteiger partial charge on any atom is -0.338 e. The van der Waals surface area contributed by atoms with Crippen molar-refractivity contribution in [1.82, 2.24) is 9.88 Å². The molecule has 74 valence electrons. The van der Waals surface area contributed by atoms with Crippen molar-refractivity contribution in [2.24, 2.45) is 0 Å². The first-order valence-corrected chi connectivity index (χ1v) is 5.03. The van der Waals surface area contributed by atoms with Crippen LogP contribution in [0.2, 0.25) is 0 Å². The van der Waals surface area contributed by atoms with Gasteiger partial charge in [0.1, 0.15) is 0 Å². The van der Waals surface area contributed by atoms with Crippen LogP contribution < -0.4 is 0 Å². The van der Waals surface area contributed by atoms with Gasteiger partial charge in [-0.1, -0.05) is 6.07 Å². The van der Waals surface area contributed by atoms with Crippen molar-refractivity contribution >= 4 is 6.41 Å². The Hall–Kier alpha value is -1.38. The Kier molecular flexibility index (Phi) is 2.77. The van der Waals surface area contributed by atoms with Crippen LogP contribution in [0.4, 0.5) is 0 Å². The molecule has 2 rings (SSSR count). The molecule has 2 heterocycles. The summed E-state index contributed by atoms with van der Waals surface area (Å²) in [4.78, 5) is 16.8. The van der Waals surface area contributed by atoms with Gasteiger partial charge < -0.3 is 4.90 Å². The molecule has 1 saturated heterocycles. The number of aromatic nitrogens is 1. The molecule has 0 saturated carbocycles. The number of amides is 1. The lowest BCUT2D eigenvalue weighted by molar-refractivity contribution is -0.121. The average molecular weight is 190 g/mol. The van der Waals surface area contributed by atoms with E-state index in [9.17, 15) is 4.79 Å². The highest BCUT2D eigenvalue weighted by Crippen LogP contribution is 2.28. The molecule has 0 bridgehead atoms. The van der Waals surface area contributed by atoms with Crippen LogP contribution in [-0.2, 0) is 4.79 Å². The highest BCUT2D eigenvalue weighted by molar-refractivity contribution is 5.49. The molecule has 1 aromatic rings. The average Bonchev–Trinajstić information content (AvgIpc) is 2.30. The van der Waals surface area contributed by atoms with Gasteiger partial charge in [-0.05, 0) is 30.9 Å². The highest BCUT2D eigenvalue weighted by Gasteiger charge is 2.22. The Morgan fingerprint density at radius 1 is 1.50 bits per heavy atom. The maximum absolute atomic E-state index is 10.8. The van der Waals surface area contributed by atoms with E-state index in [0.717, 1.165) is 31.4 Å². The van der Waals surface area contributed by atoms with Gasteiger partial charge in [-0.25, -0.2) is 0 Å². The smallest absolute Gasteiger partial charge is 0.210 e. The minimum absolute atomic E-state index is 0.245. The normalized spacial score (nSPS) is 22.0. The molecule has 0 unspecified atom stereocenters. The summed E-state index contributed by atoms with van der Waals surface area (Å²) in [5.74, 6) is 0. The molecule has 1 fully saturated rings. The zero-order valence-corrected chi connectivity index (χ0v) is 8.10. The van der Waals surface area contributed by atoms with E-state index in [-0.39, 0.29) is 6.04 Å². The fourth-order valence-corrected chi connectivity index (χ4v) is 2.01. The largest absolute Gasteiger partial charge is 0.338 e. The number of rotatable bonds is 2. The molecule has 0 spiro atoms. The van der Waals surface area contributed by atoms with E-state index in [1.54, 1.807) is 6.20 Å². The van der Waals surface area contributed by atoms with Crippen LogP contribution in [-0.4, -0.2) is 22.8 Å². The van der Waals surface area contributed by atoms with Crippen LogP contribution in [0.5, 0.6) is 0 Å². The van der Waals surface area contributed by atoms with Crippen LogP contribution in [0.25, 0.3) is 0 Å². The molecular formula is C11H14N2O. The Morgan fingerprint density at radius 3 is 3.14 bits per heavy atom. The molecule has 3 heteroatoms. The lowest BCUT2D eigenvalue weighted by Gasteiger charge is -2.32. The second kappa shape index (κ2) is 4.22. The number of carbonyl (C=O) groups excluding carboxylic acids is 1. The van der Waals surface area contributed by atoms with E-state index >= 15 is 0 Å². The monoisotopic (exact) mass is 190 g/mol. The van der Waals surface area contributed by atoms with Crippen molar-refractivity contribution in [3.05, 3.63) is 30.1 Å². The topological polar surface area (TPSA) is 33.2 Å². The van der Waals surface area contributed by atoms with Gasteiger partial charge in [-0.15, -0.1) is 0 Å². The van der Waals surface area contributed by atoms with Crippen molar-refractivity contribution in [3.8, 4) is 0 Å². The van der Waals surface area contributed by atoms with Gasteiger partial charge in [-0.3, -0.25) is 9.78 Å². The van der Waals surface area contributed by atoms with Crippen molar-refractivity contribution in [3.63, 3.8) is 0 Å². The standard InChI is InChI=1S/C11H14N2O/c14-9-13-7-2-1-5-11(13)10-4-3-6-12-8-10/h3-4,6,8-9,11H,1-2,5,7H2/t11-/m0/s1. The summed E-state index contributed by atoms with van der Waals surface area (Å²) in [5.41, 5.74) is 1.15. The van der Waals surface area contributed by atoms with Crippen LogP contribution in [0, 0.1) is 0 Å². The number of likely N-dealkylation sites (tertiary alicyclic amines) is 1. The molecule has 0 radical (unpaired) electrons. The third-order valence-corrected chi connectivity index (χ3v) is 2.75. The summed E-state index contributed by atoms with van der Waals surface area (Å²) < 4.78 is 0. The molecule has 14 heavy (non-hydrogen) atoms. The quantitative estimate of drug-likeness (QED) is 0.666. The van der Waals surface area contributed by atoms with Gasteiger partial charge in [0.15, 0.2) is 0 Å². The lowest BCUT2D eigenvalue weighted by Crippen LogP contribution is -2.32. The van der Waals surface area contributed by atoms with Gasteiger partial charge in [0, 0.05) is 18.9 Å². The van der Waals surface area contributed by atoms with E-state index in [4.69, 9.17) is 0 Å². The Labute approximate surface area is 83.8 Å². The van der Waals surface area contributed by atoms with Crippen LogP contribution in [0.1, 0.15) is 30.9 Å². The van der Waals surface area contributed by atoms with Crippen LogP contribution >= 0.6 is 0 Å². The molecule has 0 N–H and O–H groups in total. The van der Waals surface area contributed by atoms with E-state index < -0.39 is 0 Å². The fourth-order valence-electron chi connectivity index (χ4n) is 2.01. The first-order valence-electron chi connectivity index (χ1n) is 5.03. The summed E-state index contributed by atoms with van der Waals surface area (Å²) in [7, 11) is 0. The molecule has 1 aliphatic rings. The van der Waals surface area contributed by atoms with E-state index in [2.05, 4.69) is 4.98 Å². The summed E-state index contributed by atoms with van der Waals surface area (Å²) in [5, 5.41) is 0. The molecular weight excluding hydrogens is 176 g/mol. The summed E-state index contributed by atoms with van der Waals surface area (Å²) in [6.07, 6.45) is 7.95. The summed E-state index contributed by atoms with van der Waals surface area (Å²) in [6, 6.07) is 4.21. The van der Waals surface area contributed by atoms with Crippen molar-refractivity contribution < 1.29 is 4.79 Å². The number of pyridine rings is 1. The molecule has 1 atom stereocenters. The second-order valence-electron chi connectivity index (χ2n) is 3.64. The Morgan fingerprint density at radius 2 is 2.43 bits per heavy atom. The van der Waals surface area contributed by atoms with Gasteiger partial charge in [-0.2, -0.15) is 0 Å². The maximum Gasteiger partial charge on any atom is 0.210 e. The first-order chi connectivity index (χ1) is 6.92. The number of hydrogen-bond acceptors (Lipinski definition) is 2. The molecule has 0 aromatic carbocycles. The lowest BCUT2D eigenvalue weighted by atomic mass is 9.97. The van der Waals surface area contributed by atoms with Crippen molar-refractivity contribution in [2.45, 2.75) is 25.3 Å². The highest BCUT2D eigenvalue weighted by atomic mass is 16.1. The Balaban J connectivity index is 2.19. The van der Waals surface area contributed by atoms with Gasteiger partial charge in [0.2, 0.25) is 6.41 Å². The third kappa shape index (κ3) is 1.76. The van der Waals surface area contributed by atoms with Gasteiger partial charge in [0.05, 0.1) is 6.04 Å². The van der Waals surface area contributed by atoms with Gasteiger partial charge in [0.25, 0.3) is 0 Å². The van der Waals surface area contributed by atoms with Crippen molar-refractivity contribution in [1.29, 1.82) is 0 Å². The zero-order valence-electron chi connectivity index (χ0n) is 8.10. The molecule has 0 aliphatic carbocycles. The first kappa shape index (κ1) is 9.19. The minimum atomic E-state index is 0.245. The molecule has 3 nitrogen and oxygen atoms in total. The number of nitrogens with zero attached hydrogens (tertiary/aromatic N) is 2. The second-order valence-corrected chi connectivity index (χ2v) is 3.64. The van der Waals surface area contributed by atoms with Crippen LogP contribution in [0.3, 0.4) is 0 Å². The van der Waals surface area contributed by atoms with E-state index in [0.29, 0.717) is 0 Å². The SMILES string of the molecule is O=CN1CCCC[C@H]1c1cccnc1. The zero-order chi connectivity index (χ0) is 9.80. The molecule has 1 aliphatic heterocycles. The molecule has 1 aromatic heterocycles. The van der Waals surface area contributed by atoms with E-state index in [1.807, 2.05) is 23.2 Å². The number of carbonyl (C=O) groups is 1. The predicted molar refractivity (Wildman–Crippen MR) is 53.6 cm³/mol. The van der Waals surface area contributed by atoms with Gasteiger partial charge >= 0.3 is 0 Å². The van der Waals surface area contributed by atoms with E-state index in [1.165, 1.54) is 6.42 Å². The van der Waals surface area contributed by atoms with Crippen molar-refractivity contribution in [2.75, 3.05) is 6.54 Å². The fraction of sp³-hybridized carbons (Fsp3) is 0.455. The summed E-state index contributed by atoms with van der Waals surface area (Å²) in [6.45, 7) is 0.878. The molecule has 1 amide bonds. The maximum atomic E-state index is 10.8. The Bertz CT molecular complexity index is 299. The predicted octanol–water partition coefficient (Wildman–Crippen LogP) is 1.76. The summed E-state index contributed by atoms with van der Waals surface area (Å²) >= 11 is 0. The number of hydrogen-bond donors (Lipinski definition) is 0. The van der Waals surface area contributed by atoms with Crippen LogP contribution in [0.15, 0.2) is 24.5 Å².